The summed E-state index contributed by atoms with van der Waals surface area (Å²) >= 11 is 0. The van der Waals surface area contributed by atoms with E-state index in [1.54, 1.807) is 0 Å². The molecule has 1 aromatic rings. The minimum absolute atomic E-state index is 0.0254. The van der Waals surface area contributed by atoms with E-state index in [-0.39, 0.29) is 18.0 Å². The lowest BCUT2D eigenvalue weighted by Gasteiger charge is -2.49. The summed E-state index contributed by atoms with van der Waals surface area (Å²) in [5.41, 5.74) is 1.23. The molecule has 0 aromatic heterocycles. The van der Waals surface area contributed by atoms with Crippen LogP contribution in [0.1, 0.15) is 25.5 Å². The maximum absolute atomic E-state index is 12.0. The van der Waals surface area contributed by atoms with Crippen LogP contribution in [0, 0.1) is 0 Å². The molecule has 2 unspecified atom stereocenters. The zero-order valence-electron chi connectivity index (χ0n) is 10.8. The first-order valence-corrected chi connectivity index (χ1v) is 6.26. The van der Waals surface area contributed by atoms with E-state index in [1.165, 1.54) is 5.56 Å². The largest absolute Gasteiger partial charge is 0.335 e. The molecule has 17 heavy (non-hydrogen) atoms. The third-order valence-electron chi connectivity index (χ3n) is 3.66. The zero-order valence-corrected chi connectivity index (χ0v) is 10.8. The summed E-state index contributed by atoms with van der Waals surface area (Å²) in [7, 11) is 1.89. The Morgan fingerprint density at radius 3 is 2.29 bits per heavy atom. The van der Waals surface area contributed by atoms with Gasteiger partial charge < -0.3 is 4.90 Å². The average molecular weight is 232 g/mol. The fourth-order valence-corrected chi connectivity index (χ4v) is 2.64. The van der Waals surface area contributed by atoms with Crippen LogP contribution in [0.2, 0.25) is 0 Å². The first-order valence-electron chi connectivity index (χ1n) is 6.26. The second-order valence-electron chi connectivity index (χ2n) is 4.47. The van der Waals surface area contributed by atoms with Crippen molar-refractivity contribution >= 4 is 5.91 Å². The van der Waals surface area contributed by atoms with Crippen molar-refractivity contribution < 1.29 is 4.79 Å². The van der Waals surface area contributed by atoms with E-state index in [2.05, 4.69) is 30.9 Å². The normalized spacial score (nSPS) is 24.0. The lowest BCUT2D eigenvalue weighted by Crippen LogP contribution is -2.64. The highest BCUT2D eigenvalue weighted by Gasteiger charge is 2.48. The molecule has 0 saturated carbocycles. The molecule has 1 heterocycles. The van der Waals surface area contributed by atoms with Crippen molar-refractivity contribution in [2.24, 2.45) is 0 Å². The molecule has 92 valence electrons. The van der Waals surface area contributed by atoms with Gasteiger partial charge in [0.05, 0.1) is 6.04 Å². The van der Waals surface area contributed by atoms with Gasteiger partial charge in [-0.05, 0) is 18.7 Å². The number of rotatable bonds is 4. The van der Waals surface area contributed by atoms with Crippen molar-refractivity contribution in [3.8, 4) is 0 Å². The van der Waals surface area contributed by atoms with Crippen LogP contribution in [0.3, 0.4) is 0 Å². The Morgan fingerprint density at radius 2 is 1.76 bits per heavy atom. The van der Waals surface area contributed by atoms with Crippen LogP contribution in [0.15, 0.2) is 30.3 Å². The second-order valence-corrected chi connectivity index (χ2v) is 4.47. The first kappa shape index (κ1) is 12.1. The van der Waals surface area contributed by atoms with Crippen molar-refractivity contribution in [3.05, 3.63) is 35.9 Å². The van der Waals surface area contributed by atoms with E-state index in [4.69, 9.17) is 0 Å². The monoisotopic (exact) mass is 232 g/mol. The highest BCUT2D eigenvalue weighted by atomic mass is 16.2. The van der Waals surface area contributed by atoms with Gasteiger partial charge in [0.2, 0.25) is 5.91 Å². The molecule has 1 aliphatic heterocycles. The molecule has 3 heteroatoms. The van der Waals surface area contributed by atoms with Gasteiger partial charge in [-0.1, -0.05) is 44.2 Å². The lowest BCUT2D eigenvalue weighted by atomic mass is 9.88. The fraction of sp³-hybridized carbons (Fsp3) is 0.500. The van der Waals surface area contributed by atoms with E-state index in [0.717, 1.165) is 13.1 Å². The van der Waals surface area contributed by atoms with Crippen molar-refractivity contribution in [2.45, 2.75) is 25.9 Å². The second kappa shape index (κ2) is 4.88. The summed E-state index contributed by atoms with van der Waals surface area (Å²) < 4.78 is 0. The predicted octanol–water partition coefficient (Wildman–Crippen LogP) is 1.91. The van der Waals surface area contributed by atoms with Gasteiger partial charge in [0.1, 0.15) is 6.04 Å². The van der Waals surface area contributed by atoms with Crippen LogP contribution in [0.25, 0.3) is 0 Å². The summed E-state index contributed by atoms with van der Waals surface area (Å²) in [4.78, 5) is 16.1. The lowest BCUT2D eigenvalue weighted by molar-refractivity contribution is -0.156. The summed E-state index contributed by atoms with van der Waals surface area (Å²) in [6.45, 7) is 6.06. The van der Waals surface area contributed by atoms with Gasteiger partial charge in [-0.25, -0.2) is 0 Å². The van der Waals surface area contributed by atoms with Crippen LogP contribution in [0.4, 0.5) is 0 Å². The van der Waals surface area contributed by atoms with Gasteiger partial charge in [0.15, 0.2) is 0 Å². The Morgan fingerprint density at radius 1 is 1.18 bits per heavy atom. The highest BCUT2D eigenvalue weighted by Crippen LogP contribution is 2.36. The van der Waals surface area contributed by atoms with Gasteiger partial charge in [-0.15, -0.1) is 0 Å². The number of hydrogen-bond donors (Lipinski definition) is 0. The molecule has 0 N–H and O–H groups in total. The highest BCUT2D eigenvalue weighted by molar-refractivity contribution is 5.89. The van der Waals surface area contributed by atoms with Crippen LogP contribution in [-0.4, -0.2) is 41.9 Å². The van der Waals surface area contributed by atoms with Gasteiger partial charge in [0.25, 0.3) is 0 Å². The third kappa shape index (κ3) is 1.95. The zero-order chi connectivity index (χ0) is 12.4. The number of hydrogen-bond acceptors (Lipinski definition) is 2. The summed E-state index contributed by atoms with van der Waals surface area (Å²) in [6.07, 6.45) is 0. The molecule has 1 saturated heterocycles. The van der Waals surface area contributed by atoms with Crippen LogP contribution in [0.5, 0.6) is 0 Å². The summed E-state index contributed by atoms with van der Waals surface area (Å²) in [5, 5.41) is 0. The maximum atomic E-state index is 12.0. The van der Waals surface area contributed by atoms with Gasteiger partial charge in [-0.3, -0.25) is 9.69 Å². The number of amides is 1. The van der Waals surface area contributed by atoms with Crippen molar-refractivity contribution in [1.29, 1.82) is 0 Å². The Bertz CT molecular complexity index is 386. The first-order chi connectivity index (χ1) is 8.20. The molecule has 1 amide bonds. The Balaban J connectivity index is 2.24. The van der Waals surface area contributed by atoms with Gasteiger partial charge in [0, 0.05) is 7.05 Å². The number of likely N-dealkylation sites (N-methyl/N-ethyl adjacent to an activating group) is 2. The molecule has 2 rings (SSSR count). The number of β-lactam (4-membered cyclic amide) rings is 1. The van der Waals surface area contributed by atoms with E-state index in [0.29, 0.717) is 0 Å². The van der Waals surface area contributed by atoms with Crippen LogP contribution < -0.4 is 0 Å². The Kier molecular flexibility index (Phi) is 3.48. The maximum Gasteiger partial charge on any atom is 0.242 e. The third-order valence-corrected chi connectivity index (χ3v) is 3.66. The molecular formula is C14H20N2O. The standard InChI is InChI=1S/C14H20N2O/c1-4-16(5-2)13-12(15(3)14(13)17)11-9-7-6-8-10-11/h6-10,12-13H,4-5H2,1-3H3. The Hall–Kier alpha value is -1.35. The van der Waals surface area contributed by atoms with E-state index < -0.39 is 0 Å². The summed E-state index contributed by atoms with van der Waals surface area (Å²) in [6, 6.07) is 10.5. The van der Waals surface area contributed by atoms with Gasteiger partial charge in [-0.2, -0.15) is 0 Å². The van der Waals surface area contributed by atoms with Crippen molar-refractivity contribution in [2.75, 3.05) is 20.1 Å². The molecule has 0 radical (unpaired) electrons. The molecule has 1 aromatic carbocycles. The quantitative estimate of drug-likeness (QED) is 0.740. The molecule has 2 atom stereocenters. The number of benzene rings is 1. The minimum atomic E-state index is 0.0254. The topological polar surface area (TPSA) is 23.6 Å². The van der Waals surface area contributed by atoms with Crippen molar-refractivity contribution in [3.63, 3.8) is 0 Å². The smallest absolute Gasteiger partial charge is 0.242 e. The predicted molar refractivity (Wildman–Crippen MR) is 68.7 cm³/mol. The number of carbonyl (C=O) groups is 1. The van der Waals surface area contributed by atoms with Crippen molar-refractivity contribution in [1.82, 2.24) is 9.80 Å². The molecule has 0 bridgehead atoms. The molecule has 1 fully saturated rings. The van der Waals surface area contributed by atoms with E-state index in [9.17, 15) is 4.79 Å². The number of carbonyl (C=O) groups excluding carboxylic acids is 1. The SMILES string of the molecule is CCN(CC)C1C(=O)N(C)C1c1ccccc1. The average Bonchev–Trinajstić information content (AvgIpc) is 2.39. The van der Waals surface area contributed by atoms with Crippen LogP contribution in [-0.2, 0) is 4.79 Å². The molecule has 0 spiro atoms. The molecule has 1 aliphatic rings. The molecular weight excluding hydrogens is 212 g/mol. The number of nitrogens with zero attached hydrogens (tertiary/aromatic N) is 2. The Labute approximate surface area is 103 Å². The fourth-order valence-electron chi connectivity index (χ4n) is 2.64. The number of likely N-dealkylation sites (tertiary alicyclic amines) is 1. The van der Waals surface area contributed by atoms with E-state index >= 15 is 0 Å². The molecule has 0 aliphatic carbocycles. The van der Waals surface area contributed by atoms with Gasteiger partial charge >= 0.3 is 0 Å². The summed E-state index contributed by atoms with van der Waals surface area (Å²) in [5.74, 6) is 0.238. The molecule has 3 nitrogen and oxygen atoms in total. The van der Waals surface area contributed by atoms with E-state index in [1.807, 2.05) is 30.1 Å². The van der Waals surface area contributed by atoms with Crippen LogP contribution >= 0.6 is 0 Å². The minimum Gasteiger partial charge on any atom is -0.335 e.